The number of methoxy groups -OCH3 is 2. The Hall–Kier alpha value is -3.69. The van der Waals surface area contributed by atoms with Crippen LogP contribution >= 0.6 is 0 Å². The molecule has 0 aliphatic carbocycles. The molecule has 31 heavy (non-hydrogen) atoms. The lowest BCUT2D eigenvalue weighted by Gasteiger charge is -2.29. The van der Waals surface area contributed by atoms with Crippen LogP contribution in [0.5, 0.6) is 11.5 Å². The standard InChI is InChI=1S/C25H25N3O3/c1-28-14-18(16-6-4-8-19(10-16)29-2)12-23-22(15-28)24(21(13-26)25(27)31-23)17-7-5-9-20(11-17)30-3/h4-12,24H,14-15,27H2,1-3H3. The first-order chi connectivity index (χ1) is 15.0. The topological polar surface area (TPSA) is 80.7 Å². The van der Waals surface area contributed by atoms with E-state index in [0.29, 0.717) is 17.9 Å². The summed E-state index contributed by atoms with van der Waals surface area (Å²) in [5.41, 5.74) is 10.7. The summed E-state index contributed by atoms with van der Waals surface area (Å²) in [5, 5.41) is 9.87. The number of allylic oxidation sites excluding steroid dienone is 2. The molecule has 6 nitrogen and oxygen atoms in total. The van der Waals surface area contributed by atoms with Crippen LogP contribution in [0.4, 0.5) is 0 Å². The molecule has 0 saturated carbocycles. The first kappa shape index (κ1) is 20.6. The van der Waals surface area contributed by atoms with E-state index in [9.17, 15) is 5.26 Å². The molecule has 0 bridgehead atoms. The van der Waals surface area contributed by atoms with E-state index in [0.717, 1.165) is 40.3 Å². The lowest BCUT2D eigenvalue weighted by atomic mass is 9.82. The Balaban J connectivity index is 1.86. The fourth-order valence-electron chi connectivity index (χ4n) is 4.14. The molecule has 0 aromatic heterocycles. The second kappa shape index (κ2) is 8.58. The molecule has 0 radical (unpaired) electrons. The third-order valence-corrected chi connectivity index (χ3v) is 5.61. The molecule has 1 unspecified atom stereocenters. The number of benzene rings is 2. The van der Waals surface area contributed by atoms with Crippen molar-refractivity contribution in [2.45, 2.75) is 5.92 Å². The molecule has 1 atom stereocenters. The highest BCUT2D eigenvalue weighted by Crippen LogP contribution is 2.42. The van der Waals surface area contributed by atoms with Gasteiger partial charge in [-0.1, -0.05) is 24.3 Å². The number of rotatable bonds is 4. The Morgan fingerprint density at radius 1 is 1.06 bits per heavy atom. The second-order valence-electron chi connectivity index (χ2n) is 7.66. The molecule has 2 aromatic rings. The minimum absolute atomic E-state index is 0.139. The van der Waals surface area contributed by atoms with Crippen LogP contribution in [0.1, 0.15) is 17.0 Å². The summed E-state index contributed by atoms with van der Waals surface area (Å²) in [7, 11) is 5.34. The number of likely N-dealkylation sites (N-methyl/N-ethyl adjacent to an activating group) is 1. The highest BCUT2D eigenvalue weighted by molar-refractivity contribution is 5.72. The summed E-state index contributed by atoms with van der Waals surface area (Å²) in [6.07, 6.45) is 2.03. The molecule has 0 fully saturated rings. The van der Waals surface area contributed by atoms with Gasteiger partial charge in [0, 0.05) is 13.1 Å². The molecule has 158 valence electrons. The zero-order valence-corrected chi connectivity index (χ0v) is 17.9. The van der Waals surface area contributed by atoms with Gasteiger partial charge in [-0.05, 0) is 59.7 Å². The van der Waals surface area contributed by atoms with Crippen molar-refractivity contribution < 1.29 is 14.2 Å². The van der Waals surface area contributed by atoms with Gasteiger partial charge in [0.15, 0.2) is 0 Å². The summed E-state index contributed by atoms with van der Waals surface area (Å²) < 4.78 is 16.8. The zero-order chi connectivity index (χ0) is 22.0. The zero-order valence-electron chi connectivity index (χ0n) is 17.9. The normalized spacial score (nSPS) is 19.0. The monoisotopic (exact) mass is 415 g/mol. The smallest absolute Gasteiger partial charge is 0.205 e. The minimum atomic E-state index is -0.299. The fraction of sp³-hybridized carbons (Fsp3) is 0.240. The van der Waals surface area contributed by atoms with Crippen molar-refractivity contribution in [2.24, 2.45) is 5.73 Å². The number of nitrogens with two attached hydrogens (primary N) is 1. The molecule has 2 heterocycles. The van der Waals surface area contributed by atoms with Gasteiger partial charge in [0.05, 0.1) is 20.1 Å². The Labute approximate surface area is 182 Å². The molecule has 0 saturated heterocycles. The number of hydrogen-bond acceptors (Lipinski definition) is 6. The molecular formula is C25H25N3O3. The van der Waals surface area contributed by atoms with Crippen molar-refractivity contribution >= 4 is 5.57 Å². The predicted octanol–water partition coefficient (Wildman–Crippen LogP) is 3.79. The van der Waals surface area contributed by atoms with Crippen molar-refractivity contribution in [3.8, 4) is 17.6 Å². The minimum Gasteiger partial charge on any atom is -0.497 e. The van der Waals surface area contributed by atoms with Crippen LogP contribution < -0.4 is 15.2 Å². The lowest BCUT2D eigenvalue weighted by molar-refractivity contribution is 0.286. The van der Waals surface area contributed by atoms with Crippen molar-refractivity contribution in [2.75, 3.05) is 34.4 Å². The van der Waals surface area contributed by atoms with Crippen LogP contribution in [0.25, 0.3) is 5.57 Å². The van der Waals surface area contributed by atoms with Crippen LogP contribution in [-0.4, -0.2) is 39.3 Å². The Kier molecular flexibility index (Phi) is 5.70. The Morgan fingerprint density at radius 2 is 1.77 bits per heavy atom. The van der Waals surface area contributed by atoms with E-state index in [1.165, 1.54) is 0 Å². The summed E-state index contributed by atoms with van der Waals surface area (Å²) in [4.78, 5) is 2.21. The van der Waals surface area contributed by atoms with Crippen molar-refractivity contribution in [3.63, 3.8) is 0 Å². The predicted molar refractivity (Wildman–Crippen MR) is 119 cm³/mol. The number of hydrogen-bond donors (Lipinski definition) is 1. The van der Waals surface area contributed by atoms with Crippen LogP contribution in [-0.2, 0) is 4.74 Å². The van der Waals surface area contributed by atoms with Crippen LogP contribution in [0.3, 0.4) is 0 Å². The van der Waals surface area contributed by atoms with Crippen LogP contribution in [0.2, 0.25) is 0 Å². The molecule has 0 amide bonds. The summed E-state index contributed by atoms with van der Waals surface area (Å²) in [5.74, 6) is 2.06. The Morgan fingerprint density at radius 3 is 2.48 bits per heavy atom. The van der Waals surface area contributed by atoms with Gasteiger partial charge in [-0.25, -0.2) is 0 Å². The van der Waals surface area contributed by atoms with E-state index in [1.54, 1.807) is 14.2 Å². The molecule has 2 aliphatic heterocycles. The van der Waals surface area contributed by atoms with Gasteiger partial charge in [-0.15, -0.1) is 0 Å². The molecule has 0 spiro atoms. The fourth-order valence-corrected chi connectivity index (χ4v) is 4.14. The molecular weight excluding hydrogens is 390 g/mol. The third-order valence-electron chi connectivity index (χ3n) is 5.61. The summed E-state index contributed by atoms with van der Waals surface area (Å²) in [6, 6.07) is 18.0. The molecule has 4 rings (SSSR count). The van der Waals surface area contributed by atoms with Gasteiger partial charge < -0.3 is 19.9 Å². The first-order valence-electron chi connectivity index (χ1n) is 10.0. The van der Waals surface area contributed by atoms with E-state index < -0.39 is 0 Å². The number of nitriles is 1. The highest BCUT2D eigenvalue weighted by atomic mass is 16.5. The largest absolute Gasteiger partial charge is 0.497 e. The number of nitrogens with zero attached hydrogens (tertiary/aromatic N) is 2. The quantitative estimate of drug-likeness (QED) is 0.818. The lowest BCUT2D eigenvalue weighted by Crippen LogP contribution is -2.28. The van der Waals surface area contributed by atoms with Gasteiger partial charge in [0.25, 0.3) is 0 Å². The summed E-state index contributed by atoms with van der Waals surface area (Å²) >= 11 is 0. The van der Waals surface area contributed by atoms with Crippen LogP contribution in [0, 0.1) is 11.3 Å². The first-order valence-corrected chi connectivity index (χ1v) is 10.0. The summed E-state index contributed by atoms with van der Waals surface area (Å²) in [6.45, 7) is 1.36. The Bertz CT molecular complexity index is 1140. The SMILES string of the molecule is COc1cccc(C2=CC3=C(CN(C)C2)C(c2cccc(OC)c2)C(C#N)=C(N)O3)c1. The van der Waals surface area contributed by atoms with Crippen molar-refractivity contribution in [1.29, 1.82) is 5.26 Å². The molecule has 2 aliphatic rings. The van der Waals surface area contributed by atoms with Crippen LogP contribution in [0.15, 0.2) is 77.4 Å². The van der Waals surface area contributed by atoms with Crippen molar-refractivity contribution in [3.05, 3.63) is 88.5 Å². The third kappa shape index (κ3) is 4.00. The van der Waals surface area contributed by atoms with Gasteiger partial charge in [0.2, 0.25) is 5.88 Å². The molecule has 6 heteroatoms. The van der Waals surface area contributed by atoms with E-state index >= 15 is 0 Å². The van der Waals surface area contributed by atoms with Crippen molar-refractivity contribution in [1.82, 2.24) is 4.90 Å². The maximum atomic E-state index is 9.87. The van der Waals surface area contributed by atoms with E-state index in [1.807, 2.05) is 48.5 Å². The van der Waals surface area contributed by atoms with Gasteiger partial charge >= 0.3 is 0 Å². The van der Waals surface area contributed by atoms with E-state index in [2.05, 4.69) is 24.1 Å². The maximum Gasteiger partial charge on any atom is 0.205 e. The number of ether oxygens (including phenoxy) is 3. The highest BCUT2D eigenvalue weighted by Gasteiger charge is 2.34. The molecule has 2 N–H and O–H groups in total. The average Bonchev–Trinajstić information content (AvgIpc) is 2.96. The van der Waals surface area contributed by atoms with Gasteiger partial charge in [-0.2, -0.15) is 5.26 Å². The van der Waals surface area contributed by atoms with E-state index in [4.69, 9.17) is 19.9 Å². The van der Waals surface area contributed by atoms with E-state index in [-0.39, 0.29) is 11.8 Å². The second-order valence-corrected chi connectivity index (χ2v) is 7.66. The van der Waals surface area contributed by atoms with Gasteiger partial charge in [-0.3, -0.25) is 4.90 Å². The maximum absolute atomic E-state index is 9.87. The van der Waals surface area contributed by atoms with Gasteiger partial charge in [0.1, 0.15) is 28.9 Å². The average molecular weight is 415 g/mol. The molecule has 2 aromatic carbocycles.